The van der Waals surface area contributed by atoms with Crippen LogP contribution in [0.4, 0.5) is 0 Å². The summed E-state index contributed by atoms with van der Waals surface area (Å²) in [6, 6.07) is 10.9. The van der Waals surface area contributed by atoms with Gasteiger partial charge in [-0.15, -0.1) is 0 Å². The molecular weight excluding hydrogens is 286 g/mol. The van der Waals surface area contributed by atoms with Crippen molar-refractivity contribution in [3.05, 3.63) is 59.7 Å². The van der Waals surface area contributed by atoms with Crippen molar-refractivity contribution >= 4 is 5.91 Å². The SMILES string of the molecule is Cc1ccc(C2CC(C)N(C(=O)CCc3ccncn3)C2)cc1. The maximum Gasteiger partial charge on any atom is 0.223 e. The normalized spacial score (nSPS) is 20.7. The highest BCUT2D eigenvalue weighted by molar-refractivity contribution is 5.77. The third kappa shape index (κ3) is 3.76. The summed E-state index contributed by atoms with van der Waals surface area (Å²) in [6.45, 7) is 5.08. The lowest BCUT2D eigenvalue weighted by Gasteiger charge is -2.21. The number of rotatable bonds is 4. The molecule has 23 heavy (non-hydrogen) atoms. The van der Waals surface area contributed by atoms with Crippen LogP contribution in [-0.4, -0.2) is 33.4 Å². The fourth-order valence-corrected chi connectivity index (χ4v) is 3.30. The number of amides is 1. The van der Waals surface area contributed by atoms with E-state index in [4.69, 9.17) is 0 Å². The third-order valence-corrected chi connectivity index (χ3v) is 4.68. The molecule has 0 spiro atoms. The van der Waals surface area contributed by atoms with Gasteiger partial charge in [0.1, 0.15) is 6.33 Å². The van der Waals surface area contributed by atoms with Gasteiger partial charge in [0.15, 0.2) is 0 Å². The van der Waals surface area contributed by atoms with Gasteiger partial charge >= 0.3 is 0 Å². The lowest BCUT2D eigenvalue weighted by atomic mass is 9.96. The van der Waals surface area contributed by atoms with E-state index in [1.165, 1.54) is 17.5 Å². The van der Waals surface area contributed by atoms with Gasteiger partial charge in [-0.05, 0) is 38.3 Å². The number of likely N-dealkylation sites (tertiary alicyclic amines) is 1. The van der Waals surface area contributed by atoms with Crippen molar-refractivity contribution in [2.45, 2.75) is 45.1 Å². The Morgan fingerprint density at radius 1 is 1.26 bits per heavy atom. The molecule has 0 aliphatic carbocycles. The van der Waals surface area contributed by atoms with Crippen LogP contribution in [0.5, 0.6) is 0 Å². The van der Waals surface area contributed by atoms with Crippen LogP contribution in [-0.2, 0) is 11.2 Å². The van der Waals surface area contributed by atoms with Crippen LogP contribution >= 0.6 is 0 Å². The summed E-state index contributed by atoms with van der Waals surface area (Å²) < 4.78 is 0. The Bertz CT molecular complexity index is 654. The van der Waals surface area contributed by atoms with Gasteiger partial charge in [0.25, 0.3) is 0 Å². The third-order valence-electron chi connectivity index (χ3n) is 4.68. The number of benzene rings is 1. The molecular formula is C19H23N3O. The second kappa shape index (κ2) is 6.90. The Labute approximate surface area is 137 Å². The van der Waals surface area contributed by atoms with Gasteiger partial charge in [-0.2, -0.15) is 0 Å². The van der Waals surface area contributed by atoms with E-state index in [9.17, 15) is 4.79 Å². The quantitative estimate of drug-likeness (QED) is 0.871. The second-order valence-electron chi connectivity index (χ2n) is 6.44. The number of aromatic nitrogens is 2. The lowest BCUT2D eigenvalue weighted by Crippen LogP contribution is -2.34. The molecule has 2 unspecified atom stereocenters. The molecule has 2 atom stereocenters. The summed E-state index contributed by atoms with van der Waals surface area (Å²) in [5.74, 6) is 0.680. The summed E-state index contributed by atoms with van der Waals surface area (Å²) in [6.07, 6.45) is 5.49. The average molecular weight is 309 g/mol. The molecule has 0 bridgehead atoms. The summed E-state index contributed by atoms with van der Waals surface area (Å²) >= 11 is 0. The zero-order valence-electron chi connectivity index (χ0n) is 13.8. The standard InChI is InChI=1S/C19H23N3O/c1-14-3-5-16(6-4-14)17-11-15(2)22(12-17)19(23)8-7-18-9-10-20-13-21-18/h3-6,9-10,13,15,17H,7-8,11-12H2,1-2H3. The van der Waals surface area contributed by atoms with Crippen LogP contribution in [0, 0.1) is 6.92 Å². The topological polar surface area (TPSA) is 46.1 Å². The monoisotopic (exact) mass is 309 g/mol. The number of nitrogens with zero attached hydrogens (tertiary/aromatic N) is 3. The van der Waals surface area contributed by atoms with E-state index in [0.717, 1.165) is 18.7 Å². The highest BCUT2D eigenvalue weighted by Gasteiger charge is 2.32. The van der Waals surface area contributed by atoms with Crippen molar-refractivity contribution in [1.29, 1.82) is 0 Å². The molecule has 0 saturated carbocycles. The molecule has 3 rings (SSSR count). The summed E-state index contributed by atoms with van der Waals surface area (Å²) in [5, 5.41) is 0. The minimum atomic E-state index is 0.228. The van der Waals surface area contributed by atoms with E-state index in [-0.39, 0.29) is 5.91 Å². The molecule has 120 valence electrons. The van der Waals surface area contributed by atoms with E-state index in [2.05, 4.69) is 48.1 Å². The summed E-state index contributed by atoms with van der Waals surface area (Å²) in [4.78, 5) is 22.7. The van der Waals surface area contributed by atoms with E-state index < -0.39 is 0 Å². The maximum absolute atomic E-state index is 12.5. The molecule has 2 aromatic rings. The molecule has 0 N–H and O–H groups in total. The predicted octanol–water partition coefficient (Wildman–Crippen LogP) is 3.12. The summed E-state index contributed by atoms with van der Waals surface area (Å²) in [7, 11) is 0. The summed E-state index contributed by atoms with van der Waals surface area (Å²) in [5.41, 5.74) is 3.54. The van der Waals surface area contributed by atoms with E-state index in [1.54, 1.807) is 6.20 Å². The number of aryl methyl sites for hydroxylation is 2. The van der Waals surface area contributed by atoms with Gasteiger partial charge in [0, 0.05) is 36.8 Å². The first-order valence-electron chi connectivity index (χ1n) is 8.24. The van der Waals surface area contributed by atoms with Gasteiger partial charge in [-0.1, -0.05) is 29.8 Å². The Morgan fingerprint density at radius 2 is 2.04 bits per heavy atom. The molecule has 1 fully saturated rings. The highest BCUT2D eigenvalue weighted by atomic mass is 16.2. The van der Waals surface area contributed by atoms with Crippen molar-refractivity contribution in [2.75, 3.05) is 6.54 Å². The minimum Gasteiger partial charge on any atom is -0.339 e. The van der Waals surface area contributed by atoms with Gasteiger partial charge < -0.3 is 4.90 Å². The fourth-order valence-electron chi connectivity index (χ4n) is 3.30. The zero-order chi connectivity index (χ0) is 16.2. The number of hydrogen-bond donors (Lipinski definition) is 0. The van der Waals surface area contributed by atoms with Crippen LogP contribution in [0.3, 0.4) is 0 Å². The molecule has 2 heterocycles. The number of carbonyl (C=O) groups excluding carboxylic acids is 1. The number of carbonyl (C=O) groups is 1. The van der Waals surface area contributed by atoms with Gasteiger partial charge in [0.2, 0.25) is 5.91 Å². The maximum atomic E-state index is 12.5. The van der Waals surface area contributed by atoms with Crippen LogP contribution < -0.4 is 0 Å². The number of hydrogen-bond acceptors (Lipinski definition) is 3. The second-order valence-corrected chi connectivity index (χ2v) is 6.44. The Balaban J connectivity index is 1.59. The van der Waals surface area contributed by atoms with Crippen molar-refractivity contribution in [1.82, 2.24) is 14.9 Å². The average Bonchev–Trinajstić information content (AvgIpc) is 2.96. The van der Waals surface area contributed by atoms with Crippen molar-refractivity contribution in [3.63, 3.8) is 0 Å². The van der Waals surface area contributed by atoms with E-state index in [0.29, 0.717) is 24.8 Å². The zero-order valence-corrected chi connectivity index (χ0v) is 13.8. The van der Waals surface area contributed by atoms with Crippen LogP contribution in [0.2, 0.25) is 0 Å². The van der Waals surface area contributed by atoms with E-state index >= 15 is 0 Å². The van der Waals surface area contributed by atoms with Crippen LogP contribution in [0.25, 0.3) is 0 Å². The van der Waals surface area contributed by atoms with E-state index in [1.807, 2.05) is 11.0 Å². The molecule has 4 heteroatoms. The molecule has 1 amide bonds. The first-order valence-corrected chi connectivity index (χ1v) is 8.24. The highest BCUT2D eigenvalue weighted by Crippen LogP contribution is 2.32. The molecule has 1 aliphatic rings. The van der Waals surface area contributed by atoms with Crippen molar-refractivity contribution in [3.8, 4) is 0 Å². The molecule has 4 nitrogen and oxygen atoms in total. The minimum absolute atomic E-state index is 0.228. The Morgan fingerprint density at radius 3 is 2.74 bits per heavy atom. The predicted molar refractivity (Wildman–Crippen MR) is 90.1 cm³/mol. The first kappa shape index (κ1) is 15.7. The largest absolute Gasteiger partial charge is 0.339 e. The fraction of sp³-hybridized carbons (Fsp3) is 0.421. The Kier molecular flexibility index (Phi) is 4.70. The van der Waals surface area contributed by atoms with Crippen LogP contribution in [0.15, 0.2) is 42.9 Å². The van der Waals surface area contributed by atoms with Gasteiger partial charge in [0.05, 0.1) is 0 Å². The molecule has 1 aliphatic heterocycles. The molecule has 1 aromatic carbocycles. The van der Waals surface area contributed by atoms with Gasteiger partial charge in [-0.3, -0.25) is 4.79 Å². The van der Waals surface area contributed by atoms with Crippen molar-refractivity contribution in [2.24, 2.45) is 0 Å². The van der Waals surface area contributed by atoms with Crippen LogP contribution in [0.1, 0.15) is 42.5 Å². The van der Waals surface area contributed by atoms with Crippen molar-refractivity contribution < 1.29 is 4.79 Å². The molecule has 1 saturated heterocycles. The van der Waals surface area contributed by atoms with Gasteiger partial charge in [-0.25, -0.2) is 9.97 Å². The Hall–Kier alpha value is -2.23. The first-order chi connectivity index (χ1) is 11.1. The smallest absolute Gasteiger partial charge is 0.223 e. The lowest BCUT2D eigenvalue weighted by molar-refractivity contribution is -0.131. The molecule has 1 aromatic heterocycles. The molecule has 0 radical (unpaired) electrons.